The fourth-order valence-corrected chi connectivity index (χ4v) is 4.67. The van der Waals surface area contributed by atoms with Crippen molar-refractivity contribution in [1.29, 1.82) is 0 Å². The van der Waals surface area contributed by atoms with E-state index in [0.29, 0.717) is 22.6 Å². The van der Waals surface area contributed by atoms with Gasteiger partial charge in [0.15, 0.2) is 5.82 Å². The number of pyridine rings is 1. The van der Waals surface area contributed by atoms with Gasteiger partial charge in [-0.25, -0.2) is 4.98 Å². The number of aryl methyl sites for hydroxylation is 2. The van der Waals surface area contributed by atoms with Crippen LogP contribution < -0.4 is 16.0 Å². The van der Waals surface area contributed by atoms with Crippen LogP contribution in [0.1, 0.15) is 32.0 Å². The smallest absolute Gasteiger partial charge is 0.257 e. The van der Waals surface area contributed by atoms with Crippen LogP contribution in [0.2, 0.25) is 0 Å². The van der Waals surface area contributed by atoms with Gasteiger partial charge < -0.3 is 16.0 Å². The number of hydrogen-bond donors (Lipinski definition) is 3. The molecule has 0 aliphatic rings. The highest BCUT2D eigenvalue weighted by molar-refractivity contribution is 7.17. The number of nitrogens with one attached hydrogen (secondary N) is 3. The number of hydrogen-bond acceptors (Lipinski definition) is 6. The van der Waals surface area contributed by atoms with Crippen molar-refractivity contribution < 1.29 is 9.59 Å². The number of anilines is 3. The highest BCUT2D eigenvalue weighted by atomic mass is 32.1. The van der Waals surface area contributed by atoms with Crippen LogP contribution in [-0.4, -0.2) is 26.6 Å². The minimum absolute atomic E-state index is 0.271. The Bertz CT molecular complexity index is 1550. The standard InChI is InChI=1S/C27H24N6O2S/c1-17-7-9-19(10-8-17)30-25-23(31-27(35)22-16-36-24-6-4-3-5-21(22)24)13-18(14-28-25)26(34)29-15-20-11-12-33(2)32-20/h3-14,16H,15H2,1-2H3,(H,28,30)(H,29,34)(H,31,35). The van der Waals surface area contributed by atoms with E-state index < -0.39 is 0 Å². The first kappa shape index (κ1) is 23.3. The van der Waals surface area contributed by atoms with Gasteiger partial charge >= 0.3 is 0 Å². The monoisotopic (exact) mass is 496 g/mol. The molecule has 0 unspecified atom stereocenters. The molecule has 2 amide bonds. The second kappa shape index (κ2) is 10.0. The van der Waals surface area contributed by atoms with E-state index in [-0.39, 0.29) is 18.4 Å². The van der Waals surface area contributed by atoms with Crippen molar-refractivity contribution in [2.75, 3.05) is 10.6 Å². The molecule has 36 heavy (non-hydrogen) atoms. The van der Waals surface area contributed by atoms with Crippen LogP contribution >= 0.6 is 11.3 Å². The van der Waals surface area contributed by atoms with Gasteiger partial charge in [-0.2, -0.15) is 5.10 Å². The number of amides is 2. The molecular weight excluding hydrogens is 472 g/mol. The van der Waals surface area contributed by atoms with Gasteiger partial charge in [0.25, 0.3) is 11.8 Å². The van der Waals surface area contributed by atoms with E-state index in [1.54, 1.807) is 10.7 Å². The van der Waals surface area contributed by atoms with Gasteiger partial charge in [0, 0.05) is 40.6 Å². The van der Waals surface area contributed by atoms with Crippen molar-refractivity contribution in [3.05, 3.63) is 101 Å². The van der Waals surface area contributed by atoms with Crippen LogP contribution in [0.25, 0.3) is 10.1 Å². The molecule has 180 valence electrons. The second-order valence-electron chi connectivity index (χ2n) is 8.37. The maximum atomic E-state index is 13.3. The van der Waals surface area contributed by atoms with Crippen LogP contribution in [0.4, 0.5) is 17.2 Å². The SMILES string of the molecule is Cc1ccc(Nc2ncc(C(=O)NCc3ccn(C)n3)cc2NC(=O)c2csc3ccccc23)cc1. The first-order valence-corrected chi connectivity index (χ1v) is 12.2. The quantitative estimate of drug-likeness (QED) is 0.285. The molecule has 0 fully saturated rings. The van der Waals surface area contributed by atoms with Crippen LogP contribution in [0.15, 0.2) is 78.4 Å². The zero-order valence-electron chi connectivity index (χ0n) is 19.8. The first-order chi connectivity index (χ1) is 17.5. The van der Waals surface area contributed by atoms with Crippen molar-refractivity contribution in [3.8, 4) is 0 Å². The molecule has 0 saturated heterocycles. The first-order valence-electron chi connectivity index (χ1n) is 11.3. The lowest BCUT2D eigenvalue weighted by Crippen LogP contribution is -2.24. The minimum Gasteiger partial charge on any atom is -0.346 e. The summed E-state index contributed by atoms with van der Waals surface area (Å²) in [5, 5.41) is 16.0. The van der Waals surface area contributed by atoms with Crippen LogP contribution in [0, 0.1) is 6.92 Å². The fraction of sp³-hybridized carbons (Fsp3) is 0.111. The predicted molar refractivity (Wildman–Crippen MR) is 143 cm³/mol. The number of aromatic nitrogens is 3. The Morgan fingerprint density at radius 1 is 1.03 bits per heavy atom. The van der Waals surface area contributed by atoms with E-state index in [1.165, 1.54) is 17.5 Å². The summed E-state index contributed by atoms with van der Waals surface area (Å²) in [6.45, 7) is 2.29. The van der Waals surface area contributed by atoms with E-state index in [9.17, 15) is 9.59 Å². The van der Waals surface area contributed by atoms with E-state index >= 15 is 0 Å². The Hall–Kier alpha value is -4.50. The number of carbonyl (C=O) groups excluding carboxylic acids is 2. The maximum absolute atomic E-state index is 13.3. The molecule has 8 nitrogen and oxygen atoms in total. The molecule has 3 N–H and O–H groups in total. The lowest BCUT2D eigenvalue weighted by molar-refractivity contribution is 0.0948. The number of carbonyl (C=O) groups is 2. The summed E-state index contributed by atoms with van der Waals surface area (Å²) in [4.78, 5) is 30.6. The van der Waals surface area contributed by atoms with Gasteiger partial charge in [-0.3, -0.25) is 14.3 Å². The van der Waals surface area contributed by atoms with E-state index in [1.807, 2.05) is 80.1 Å². The predicted octanol–water partition coefficient (Wildman–Crippen LogP) is 5.26. The van der Waals surface area contributed by atoms with Gasteiger partial charge in [-0.1, -0.05) is 35.9 Å². The average Bonchev–Trinajstić information content (AvgIpc) is 3.51. The number of rotatable bonds is 7. The van der Waals surface area contributed by atoms with Crippen molar-refractivity contribution in [2.45, 2.75) is 13.5 Å². The van der Waals surface area contributed by atoms with Crippen LogP contribution in [0.5, 0.6) is 0 Å². The summed E-state index contributed by atoms with van der Waals surface area (Å²) in [5.74, 6) is -0.146. The summed E-state index contributed by atoms with van der Waals surface area (Å²) in [7, 11) is 1.82. The Balaban J connectivity index is 1.42. The molecule has 9 heteroatoms. The molecule has 5 aromatic rings. The Morgan fingerprint density at radius 3 is 2.61 bits per heavy atom. The third-order valence-electron chi connectivity index (χ3n) is 5.64. The summed E-state index contributed by atoms with van der Waals surface area (Å²) >= 11 is 1.51. The largest absolute Gasteiger partial charge is 0.346 e. The zero-order valence-corrected chi connectivity index (χ0v) is 20.6. The molecular formula is C27H24N6O2S. The van der Waals surface area contributed by atoms with Gasteiger partial charge in [0.05, 0.1) is 29.1 Å². The van der Waals surface area contributed by atoms with Gasteiger partial charge in [-0.15, -0.1) is 11.3 Å². The molecule has 0 bridgehead atoms. The van der Waals surface area contributed by atoms with E-state index in [2.05, 4.69) is 26.0 Å². The molecule has 0 aliphatic heterocycles. The lowest BCUT2D eigenvalue weighted by atomic mass is 10.1. The molecule has 0 saturated carbocycles. The minimum atomic E-state index is -0.313. The normalized spacial score (nSPS) is 10.8. The Kier molecular flexibility index (Phi) is 6.46. The zero-order chi connectivity index (χ0) is 25.1. The summed E-state index contributed by atoms with van der Waals surface area (Å²) < 4.78 is 2.71. The maximum Gasteiger partial charge on any atom is 0.257 e. The number of thiophene rings is 1. The molecule has 0 atom stereocenters. The molecule has 5 rings (SSSR count). The van der Waals surface area contributed by atoms with Crippen molar-refractivity contribution in [1.82, 2.24) is 20.1 Å². The second-order valence-corrected chi connectivity index (χ2v) is 9.29. The third-order valence-corrected chi connectivity index (χ3v) is 6.60. The Morgan fingerprint density at radius 2 is 1.83 bits per heavy atom. The summed E-state index contributed by atoms with van der Waals surface area (Å²) in [6, 6.07) is 19.1. The van der Waals surface area contributed by atoms with Gasteiger partial charge in [0.1, 0.15) is 0 Å². The number of benzene rings is 2. The lowest BCUT2D eigenvalue weighted by Gasteiger charge is -2.14. The third kappa shape index (κ3) is 5.11. The number of nitrogens with zero attached hydrogens (tertiary/aromatic N) is 3. The average molecular weight is 497 g/mol. The van der Waals surface area contributed by atoms with E-state index in [4.69, 9.17) is 0 Å². The highest BCUT2D eigenvalue weighted by Gasteiger charge is 2.17. The molecule has 0 radical (unpaired) electrons. The van der Waals surface area contributed by atoms with Gasteiger partial charge in [0.2, 0.25) is 0 Å². The topological polar surface area (TPSA) is 101 Å². The number of fused-ring (bicyclic) bond motifs is 1. The van der Waals surface area contributed by atoms with Crippen molar-refractivity contribution in [3.63, 3.8) is 0 Å². The molecule has 2 aromatic carbocycles. The van der Waals surface area contributed by atoms with Crippen LogP contribution in [-0.2, 0) is 13.6 Å². The van der Waals surface area contributed by atoms with Gasteiger partial charge in [-0.05, 0) is 37.3 Å². The summed E-state index contributed by atoms with van der Waals surface area (Å²) in [5.41, 5.74) is 3.99. The van der Waals surface area contributed by atoms with Crippen molar-refractivity contribution >= 4 is 50.4 Å². The fourth-order valence-electron chi connectivity index (χ4n) is 3.73. The van der Waals surface area contributed by atoms with E-state index in [0.717, 1.165) is 27.0 Å². The highest BCUT2D eigenvalue weighted by Crippen LogP contribution is 2.29. The Labute approximate surface area is 212 Å². The van der Waals surface area contributed by atoms with Crippen LogP contribution in [0.3, 0.4) is 0 Å². The summed E-state index contributed by atoms with van der Waals surface area (Å²) in [6.07, 6.45) is 3.30. The van der Waals surface area contributed by atoms with Crippen molar-refractivity contribution in [2.24, 2.45) is 7.05 Å². The molecule has 3 aromatic heterocycles. The molecule has 0 aliphatic carbocycles. The molecule has 3 heterocycles. The molecule has 0 spiro atoms.